The van der Waals surface area contributed by atoms with E-state index in [2.05, 4.69) is 46.8 Å². The highest BCUT2D eigenvalue weighted by molar-refractivity contribution is 5.03. The van der Waals surface area contributed by atoms with Gasteiger partial charge in [0.15, 0.2) is 0 Å². The summed E-state index contributed by atoms with van der Waals surface area (Å²) in [5, 5.41) is 9.59. The van der Waals surface area contributed by atoms with E-state index in [9.17, 15) is 5.11 Å². The number of hydrogen-bond donors (Lipinski definition) is 1. The molecule has 2 nitrogen and oxygen atoms in total. The monoisotopic (exact) mass is 282 g/mol. The van der Waals surface area contributed by atoms with Crippen molar-refractivity contribution in [3.05, 3.63) is 12.2 Å². The van der Waals surface area contributed by atoms with Gasteiger partial charge in [-0.3, -0.25) is 0 Å². The van der Waals surface area contributed by atoms with Gasteiger partial charge in [-0.25, -0.2) is 0 Å². The largest absolute Gasteiger partial charge is 0.394 e. The Morgan fingerprint density at radius 3 is 2.40 bits per heavy atom. The van der Waals surface area contributed by atoms with Gasteiger partial charge in [0.2, 0.25) is 0 Å². The van der Waals surface area contributed by atoms with Gasteiger partial charge in [-0.05, 0) is 30.6 Å². The Balaban J connectivity index is 2.55. The van der Waals surface area contributed by atoms with Crippen molar-refractivity contribution in [2.45, 2.75) is 72.5 Å². The minimum atomic E-state index is 0.00829. The van der Waals surface area contributed by atoms with Crippen LogP contribution in [0.1, 0.15) is 60.3 Å². The summed E-state index contributed by atoms with van der Waals surface area (Å²) in [5.74, 6) is 2.33. The summed E-state index contributed by atoms with van der Waals surface area (Å²) < 4.78 is 6.31. The molecule has 1 aliphatic rings. The lowest BCUT2D eigenvalue weighted by molar-refractivity contribution is -0.0925. The third-order valence-electron chi connectivity index (χ3n) is 4.76. The Bertz CT molecular complexity index is 285. The highest BCUT2D eigenvalue weighted by Crippen LogP contribution is 2.33. The number of aliphatic hydroxyl groups excluding tert-OH is 1. The standard InChI is InChI=1S/C18H34O2/c1-6-16-11-10-14(4)15(5)18(16)20-17(12-19)9-7-8-13(2)3/h10-11,13-19H,6-9,12H2,1-5H3. The second kappa shape index (κ2) is 8.84. The van der Waals surface area contributed by atoms with E-state index in [1.807, 2.05) is 0 Å². The minimum absolute atomic E-state index is 0.00829. The fourth-order valence-corrected chi connectivity index (χ4v) is 3.06. The number of hydrogen-bond acceptors (Lipinski definition) is 2. The van der Waals surface area contributed by atoms with Crippen LogP contribution in [0.5, 0.6) is 0 Å². The fraction of sp³-hybridized carbons (Fsp3) is 0.889. The fourth-order valence-electron chi connectivity index (χ4n) is 3.06. The second-order valence-corrected chi connectivity index (χ2v) is 6.91. The van der Waals surface area contributed by atoms with E-state index in [1.165, 1.54) is 6.42 Å². The van der Waals surface area contributed by atoms with Gasteiger partial charge < -0.3 is 9.84 Å². The molecular weight excluding hydrogens is 248 g/mol. The summed E-state index contributed by atoms with van der Waals surface area (Å²) in [5.41, 5.74) is 0. The molecule has 5 unspecified atom stereocenters. The summed E-state index contributed by atoms with van der Waals surface area (Å²) >= 11 is 0. The molecule has 118 valence electrons. The predicted molar refractivity (Wildman–Crippen MR) is 85.7 cm³/mol. The molecule has 0 aromatic carbocycles. The Morgan fingerprint density at radius 2 is 1.85 bits per heavy atom. The van der Waals surface area contributed by atoms with E-state index in [0.29, 0.717) is 17.8 Å². The van der Waals surface area contributed by atoms with E-state index < -0.39 is 0 Å². The van der Waals surface area contributed by atoms with Crippen LogP contribution in [0.3, 0.4) is 0 Å². The summed E-state index contributed by atoms with van der Waals surface area (Å²) in [6.45, 7) is 11.4. The van der Waals surface area contributed by atoms with Gasteiger partial charge in [-0.1, -0.05) is 59.6 Å². The van der Waals surface area contributed by atoms with Gasteiger partial charge >= 0.3 is 0 Å². The highest BCUT2D eigenvalue weighted by atomic mass is 16.5. The van der Waals surface area contributed by atoms with Crippen LogP contribution >= 0.6 is 0 Å². The first-order valence-electron chi connectivity index (χ1n) is 8.44. The first kappa shape index (κ1) is 17.7. The van der Waals surface area contributed by atoms with Crippen LogP contribution in [0.4, 0.5) is 0 Å². The van der Waals surface area contributed by atoms with Gasteiger partial charge in [-0.2, -0.15) is 0 Å². The molecule has 0 saturated carbocycles. The molecule has 1 aliphatic carbocycles. The molecule has 0 amide bonds. The average molecular weight is 282 g/mol. The second-order valence-electron chi connectivity index (χ2n) is 6.91. The molecule has 0 saturated heterocycles. The summed E-state index contributed by atoms with van der Waals surface area (Å²) in [6, 6.07) is 0. The number of aliphatic hydroxyl groups is 1. The SMILES string of the molecule is CCC1C=CC(C)C(C)C1OC(CO)CCCC(C)C. The topological polar surface area (TPSA) is 29.5 Å². The molecule has 0 spiro atoms. The number of rotatable bonds is 8. The van der Waals surface area contributed by atoms with E-state index in [1.54, 1.807) is 0 Å². The number of allylic oxidation sites excluding steroid dienone is 1. The molecule has 20 heavy (non-hydrogen) atoms. The zero-order chi connectivity index (χ0) is 15.1. The van der Waals surface area contributed by atoms with Crippen LogP contribution in [0.25, 0.3) is 0 Å². The van der Waals surface area contributed by atoms with Crippen LogP contribution in [-0.2, 0) is 4.74 Å². The first-order valence-corrected chi connectivity index (χ1v) is 8.44. The maximum atomic E-state index is 9.59. The average Bonchev–Trinajstić information content (AvgIpc) is 2.42. The van der Waals surface area contributed by atoms with Crippen molar-refractivity contribution >= 4 is 0 Å². The van der Waals surface area contributed by atoms with Crippen molar-refractivity contribution in [2.75, 3.05) is 6.61 Å². The molecule has 2 heteroatoms. The Hall–Kier alpha value is -0.340. The van der Waals surface area contributed by atoms with E-state index in [-0.39, 0.29) is 18.8 Å². The van der Waals surface area contributed by atoms with Crippen molar-refractivity contribution in [3.63, 3.8) is 0 Å². The van der Waals surface area contributed by atoms with Crippen LogP contribution in [0, 0.1) is 23.7 Å². The maximum absolute atomic E-state index is 9.59. The third-order valence-corrected chi connectivity index (χ3v) is 4.76. The Labute approximate surface area is 125 Å². The maximum Gasteiger partial charge on any atom is 0.0809 e. The lowest BCUT2D eigenvalue weighted by Crippen LogP contribution is -2.39. The molecule has 0 radical (unpaired) electrons. The quantitative estimate of drug-likeness (QED) is 0.667. The van der Waals surface area contributed by atoms with Crippen LogP contribution in [0.15, 0.2) is 12.2 Å². The third kappa shape index (κ3) is 5.21. The Morgan fingerprint density at radius 1 is 1.15 bits per heavy atom. The van der Waals surface area contributed by atoms with Crippen molar-refractivity contribution < 1.29 is 9.84 Å². The first-order chi connectivity index (χ1) is 9.49. The van der Waals surface area contributed by atoms with Crippen LogP contribution < -0.4 is 0 Å². The van der Waals surface area contributed by atoms with Crippen molar-refractivity contribution in [3.8, 4) is 0 Å². The van der Waals surface area contributed by atoms with Gasteiger partial charge in [0.05, 0.1) is 18.8 Å². The summed E-state index contributed by atoms with van der Waals surface area (Å²) in [4.78, 5) is 0. The molecule has 0 heterocycles. The zero-order valence-electron chi connectivity index (χ0n) is 14.0. The lowest BCUT2D eigenvalue weighted by Gasteiger charge is -2.38. The predicted octanol–water partition coefficient (Wildman–Crippen LogP) is 4.43. The molecule has 1 N–H and O–H groups in total. The summed E-state index contributed by atoms with van der Waals surface area (Å²) in [6.07, 6.45) is 9.36. The number of ether oxygens (including phenoxy) is 1. The minimum Gasteiger partial charge on any atom is -0.394 e. The van der Waals surface area contributed by atoms with E-state index in [0.717, 1.165) is 25.2 Å². The summed E-state index contributed by atoms with van der Waals surface area (Å²) in [7, 11) is 0. The van der Waals surface area contributed by atoms with Gasteiger partial charge in [0, 0.05) is 5.92 Å². The van der Waals surface area contributed by atoms with E-state index >= 15 is 0 Å². The normalized spacial score (nSPS) is 31.8. The van der Waals surface area contributed by atoms with Gasteiger partial charge in [0.25, 0.3) is 0 Å². The molecule has 0 aliphatic heterocycles. The highest BCUT2D eigenvalue weighted by Gasteiger charge is 2.32. The molecule has 5 atom stereocenters. The van der Waals surface area contributed by atoms with Crippen molar-refractivity contribution in [2.24, 2.45) is 23.7 Å². The molecule has 1 rings (SSSR count). The molecule has 0 aromatic rings. The Kier molecular flexibility index (Phi) is 7.83. The van der Waals surface area contributed by atoms with Crippen molar-refractivity contribution in [1.29, 1.82) is 0 Å². The molecular formula is C18H34O2. The zero-order valence-corrected chi connectivity index (χ0v) is 14.0. The smallest absolute Gasteiger partial charge is 0.0809 e. The molecule has 0 aromatic heterocycles. The molecule has 0 bridgehead atoms. The van der Waals surface area contributed by atoms with Gasteiger partial charge in [-0.15, -0.1) is 0 Å². The van der Waals surface area contributed by atoms with E-state index in [4.69, 9.17) is 4.74 Å². The van der Waals surface area contributed by atoms with Crippen molar-refractivity contribution in [1.82, 2.24) is 0 Å². The van der Waals surface area contributed by atoms with Crippen LogP contribution in [0.2, 0.25) is 0 Å². The van der Waals surface area contributed by atoms with Crippen LogP contribution in [-0.4, -0.2) is 23.9 Å². The molecule has 0 fully saturated rings. The van der Waals surface area contributed by atoms with Gasteiger partial charge in [0.1, 0.15) is 0 Å². The lowest BCUT2D eigenvalue weighted by atomic mass is 9.77.